The van der Waals surface area contributed by atoms with E-state index in [1.165, 1.54) is 0 Å². The number of carbonyl (C=O) groups is 4. The molecule has 4 aromatic rings. The summed E-state index contributed by atoms with van der Waals surface area (Å²) in [4.78, 5) is 54.8. The van der Waals surface area contributed by atoms with Crippen LogP contribution in [0.1, 0.15) is 49.6 Å². The van der Waals surface area contributed by atoms with Crippen LogP contribution in [-0.2, 0) is 11.8 Å². The van der Waals surface area contributed by atoms with E-state index in [0.717, 1.165) is 44.7 Å². The molecule has 2 aliphatic rings. The van der Waals surface area contributed by atoms with Crippen LogP contribution in [0.5, 0.6) is 0 Å². The predicted molar refractivity (Wildman–Crippen MR) is 166 cm³/mol. The maximum absolute atomic E-state index is 13.0. The summed E-state index contributed by atoms with van der Waals surface area (Å²) in [5, 5.41) is 5.72. The van der Waals surface area contributed by atoms with Crippen molar-refractivity contribution in [2.24, 2.45) is 13.0 Å². The van der Waals surface area contributed by atoms with Gasteiger partial charge in [0.2, 0.25) is 5.91 Å². The van der Waals surface area contributed by atoms with E-state index in [4.69, 9.17) is 0 Å². The van der Waals surface area contributed by atoms with Crippen LogP contribution in [0.25, 0.3) is 0 Å². The van der Waals surface area contributed by atoms with Crippen molar-refractivity contribution in [3.63, 3.8) is 0 Å². The van der Waals surface area contributed by atoms with Crippen LogP contribution in [-0.4, -0.2) is 59.2 Å². The second-order valence-corrected chi connectivity index (χ2v) is 11.0. The van der Waals surface area contributed by atoms with Crippen LogP contribution in [0.15, 0.2) is 91.1 Å². The zero-order valence-electron chi connectivity index (χ0n) is 24.0. The number of hydrogen-bond donors (Lipinski definition) is 2. The fourth-order valence-electron chi connectivity index (χ4n) is 5.27. The number of aromatic nitrogens is 1. The smallest absolute Gasteiger partial charge is 0.272 e. The summed E-state index contributed by atoms with van der Waals surface area (Å²) in [5.74, 6) is -0.0777. The van der Waals surface area contributed by atoms with Gasteiger partial charge in [0.05, 0.1) is 0 Å². The molecule has 0 spiro atoms. The molecule has 1 aromatic heterocycles. The Morgan fingerprint density at radius 3 is 1.70 bits per heavy atom. The van der Waals surface area contributed by atoms with Crippen LogP contribution in [0, 0.1) is 5.92 Å². The van der Waals surface area contributed by atoms with Gasteiger partial charge in [0.25, 0.3) is 11.8 Å². The number of hydrogen-bond acceptors (Lipinski definition) is 5. The Morgan fingerprint density at radius 2 is 1.19 bits per heavy atom. The topological polar surface area (TPSA) is 104 Å². The molecule has 0 bridgehead atoms. The second kappa shape index (κ2) is 12.0. The molecule has 0 atom stereocenters. The summed E-state index contributed by atoms with van der Waals surface area (Å²) in [5.41, 5.74) is 4.26. The van der Waals surface area contributed by atoms with Gasteiger partial charge in [-0.3, -0.25) is 19.2 Å². The van der Waals surface area contributed by atoms with Crippen molar-refractivity contribution in [3.8, 4) is 0 Å². The number of anilines is 3. The molecule has 1 aliphatic carbocycles. The molecule has 1 saturated carbocycles. The number of nitrogens with zero attached hydrogens (tertiary/aromatic N) is 3. The van der Waals surface area contributed by atoms with Gasteiger partial charge in [-0.1, -0.05) is 0 Å². The first-order valence-electron chi connectivity index (χ1n) is 14.5. The van der Waals surface area contributed by atoms with Gasteiger partial charge in [0.15, 0.2) is 5.78 Å². The van der Waals surface area contributed by atoms with Gasteiger partial charge in [-0.25, -0.2) is 0 Å². The number of aryl methyl sites for hydroxylation is 1. The van der Waals surface area contributed by atoms with Gasteiger partial charge < -0.3 is 25.0 Å². The SMILES string of the molecule is Cn1cccc1C(=O)Nc1ccc(C(=O)c2ccc(NC(=O)c3ccc(N4CCN(C(=O)C5CC5)CC4)cc3)cc2)cc1. The summed E-state index contributed by atoms with van der Waals surface area (Å²) >= 11 is 0. The zero-order valence-corrected chi connectivity index (χ0v) is 24.0. The Kier molecular flexibility index (Phi) is 7.79. The fourth-order valence-corrected chi connectivity index (χ4v) is 5.27. The molecule has 2 fully saturated rings. The molecule has 3 amide bonds. The Hall–Kier alpha value is -5.18. The molecular formula is C34H33N5O4. The summed E-state index contributed by atoms with van der Waals surface area (Å²) in [6.45, 7) is 3.02. The summed E-state index contributed by atoms with van der Waals surface area (Å²) in [6.07, 6.45) is 3.85. The van der Waals surface area contributed by atoms with Crippen molar-refractivity contribution in [1.29, 1.82) is 0 Å². The molecule has 0 radical (unpaired) electrons. The first kappa shape index (κ1) is 28.0. The molecule has 3 aromatic carbocycles. The number of nitrogens with one attached hydrogen (secondary N) is 2. The highest BCUT2D eigenvalue weighted by Gasteiger charge is 2.34. The quantitative estimate of drug-likeness (QED) is 0.293. The molecule has 1 saturated heterocycles. The molecule has 1 aliphatic heterocycles. The molecule has 9 nitrogen and oxygen atoms in total. The standard InChI is InChI=1S/C34H33N5O4/c1-37-18-2-3-30(37)33(42)36-28-14-8-24(9-15-28)31(40)23-6-12-27(13-7-23)35-32(41)25-10-16-29(17-11-25)38-19-21-39(22-20-38)34(43)26-4-5-26/h2-3,6-18,26H,4-5,19-22H2,1H3,(H,35,41)(H,36,42). The molecule has 0 unspecified atom stereocenters. The molecule has 218 valence electrons. The van der Waals surface area contributed by atoms with Crippen LogP contribution in [0.2, 0.25) is 0 Å². The van der Waals surface area contributed by atoms with Crippen molar-refractivity contribution in [2.75, 3.05) is 41.7 Å². The summed E-state index contributed by atoms with van der Waals surface area (Å²) in [7, 11) is 1.80. The molecule has 2 heterocycles. The van der Waals surface area contributed by atoms with Gasteiger partial charge in [-0.2, -0.15) is 0 Å². The highest BCUT2D eigenvalue weighted by atomic mass is 16.2. The molecule has 9 heteroatoms. The van der Waals surface area contributed by atoms with E-state index in [0.29, 0.717) is 39.7 Å². The number of carbonyl (C=O) groups excluding carboxylic acids is 4. The minimum atomic E-state index is -0.238. The number of amides is 3. The Labute approximate surface area is 250 Å². The summed E-state index contributed by atoms with van der Waals surface area (Å²) in [6, 6.07) is 24.5. The molecule has 43 heavy (non-hydrogen) atoms. The Morgan fingerprint density at radius 1 is 0.651 bits per heavy atom. The average molecular weight is 576 g/mol. The lowest BCUT2D eigenvalue weighted by molar-refractivity contribution is -0.132. The maximum atomic E-state index is 13.0. The van der Waals surface area contributed by atoms with Crippen LogP contribution in [0.3, 0.4) is 0 Å². The van der Waals surface area contributed by atoms with E-state index in [-0.39, 0.29) is 23.5 Å². The van der Waals surface area contributed by atoms with Gasteiger partial charge in [-0.05, 0) is 97.8 Å². The molecule has 6 rings (SSSR count). The largest absolute Gasteiger partial charge is 0.368 e. The predicted octanol–water partition coefficient (Wildman–Crippen LogP) is 4.82. The van der Waals surface area contributed by atoms with E-state index in [1.54, 1.807) is 90.6 Å². The highest BCUT2D eigenvalue weighted by Crippen LogP contribution is 2.31. The van der Waals surface area contributed by atoms with Gasteiger partial charge in [-0.15, -0.1) is 0 Å². The third kappa shape index (κ3) is 6.35. The van der Waals surface area contributed by atoms with Crippen LogP contribution in [0.4, 0.5) is 17.1 Å². The minimum Gasteiger partial charge on any atom is -0.368 e. The number of benzene rings is 3. The third-order valence-corrected chi connectivity index (χ3v) is 8.00. The van der Waals surface area contributed by atoms with E-state index in [1.807, 2.05) is 17.0 Å². The first-order chi connectivity index (χ1) is 20.9. The monoisotopic (exact) mass is 575 g/mol. The molecular weight excluding hydrogens is 542 g/mol. The van der Waals surface area contributed by atoms with Gasteiger partial charge in [0, 0.05) is 79.1 Å². The number of ketones is 1. The molecule has 2 N–H and O–H groups in total. The normalized spacial score (nSPS) is 14.7. The van der Waals surface area contributed by atoms with E-state index in [2.05, 4.69) is 15.5 Å². The van der Waals surface area contributed by atoms with E-state index >= 15 is 0 Å². The average Bonchev–Trinajstić information content (AvgIpc) is 3.80. The van der Waals surface area contributed by atoms with E-state index in [9.17, 15) is 19.2 Å². The lowest BCUT2D eigenvalue weighted by Gasteiger charge is -2.36. The second-order valence-electron chi connectivity index (χ2n) is 11.0. The minimum absolute atomic E-state index is 0.161. The van der Waals surface area contributed by atoms with E-state index < -0.39 is 0 Å². The summed E-state index contributed by atoms with van der Waals surface area (Å²) < 4.78 is 1.74. The fraction of sp³-hybridized carbons (Fsp3) is 0.235. The van der Waals surface area contributed by atoms with Crippen molar-refractivity contribution in [3.05, 3.63) is 114 Å². The Balaban J connectivity index is 1.01. The van der Waals surface area contributed by atoms with Crippen molar-refractivity contribution >= 4 is 40.6 Å². The maximum Gasteiger partial charge on any atom is 0.272 e. The first-order valence-corrected chi connectivity index (χ1v) is 14.5. The number of piperazine rings is 1. The van der Waals surface area contributed by atoms with Crippen LogP contribution >= 0.6 is 0 Å². The van der Waals surface area contributed by atoms with Crippen molar-refractivity contribution < 1.29 is 19.2 Å². The van der Waals surface area contributed by atoms with Crippen molar-refractivity contribution in [2.45, 2.75) is 12.8 Å². The zero-order chi connectivity index (χ0) is 29.9. The lowest BCUT2D eigenvalue weighted by Crippen LogP contribution is -2.49. The lowest BCUT2D eigenvalue weighted by atomic mass is 10.0. The van der Waals surface area contributed by atoms with Crippen molar-refractivity contribution in [1.82, 2.24) is 9.47 Å². The van der Waals surface area contributed by atoms with Gasteiger partial charge in [0.1, 0.15) is 5.69 Å². The van der Waals surface area contributed by atoms with Gasteiger partial charge >= 0.3 is 0 Å². The highest BCUT2D eigenvalue weighted by molar-refractivity contribution is 6.10. The number of rotatable bonds is 8. The Bertz CT molecular complexity index is 1650. The third-order valence-electron chi connectivity index (χ3n) is 8.00. The van der Waals surface area contributed by atoms with Crippen LogP contribution < -0.4 is 15.5 Å².